The molecule has 0 saturated heterocycles. The third kappa shape index (κ3) is 1.54. The molecule has 1 aromatic rings. The fourth-order valence-corrected chi connectivity index (χ4v) is 1.93. The number of fused-ring (bicyclic) bond motifs is 1. The number of rotatable bonds is 0. The average Bonchev–Trinajstić information content (AvgIpc) is 2.46. The summed E-state index contributed by atoms with van der Waals surface area (Å²) in [4.78, 5) is 12.5. The number of nitrogens with zero attached hydrogens (tertiary/aromatic N) is 1. The number of primary amides is 1. The number of urea groups is 1. The van der Waals surface area contributed by atoms with E-state index < -0.39 is 0 Å². The van der Waals surface area contributed by atoms with E-state index in [4.69, 9.17) is 5.73 Å². The van der Waals surface area contributed by atoms with Gasteiger partial charge >= 0.3 is 6.03 Å². The number of halogens is 1. The summed E-state index contributed by atoms with van der Waals surface area (Å²) >= 11 is 3.39. The highest BCUT2D eigenvalue weighted by molar-refractivity contribution is 9.10. The van der Waals surface area contributed by atoms with Crippen molar-refractivity contribution in [2.24, 2.45) is 5.73 Å². The van der Waals surface area contributed by atoms with Crippen LogP contribution in [0.25, 0.3) is 0 Å². The molecule has 2 N–H and O–H groups in total. The average molecular weight is 241 g/mol. The summed E-state index contributed by atoms with van der Waals surface area (Å²) in [7, 11) is 0. The van der Waals surface area contributed by atoms with Gasteiger partial charge in [0.25, 0.3) is 0 Å². The Labute approximate surface area is 84.6 Å². The maximum Gasteiger partial charge on any atom is 0.315 e. The van der Waals surface area contributed by atoms with E-state index >= 15 is 0 Å². The molecular weight excluding hydrogens is 232 g/mol. The second-order valence-electron chi connectivity index (χ2n) is 3.11. The highest BCUT2D eigenvalue weighted by Gasteiger charge is 2.20. The fraction of sp³-hybridized carbons (Fsp3) is 0.222. The monoisotopic (exact) mass is 240 g/mol. The summed E-state index contributed by atoms with van der Waals surface area (Å²) in [5, 5.41) is 0. The number of hydrogen-bond acceptors (Lipinski definition) is 1. The first-order chi connectivity index (χ1) is 6.16. The molecule has 1 aromatic carbocycles. The first kappa shape index (κ1) is 8.56. The lowest BCUT2D eigenvalue weighted by atomic mass is 10.1. The Hall–Kier alpha value is -1.03. The van der Waals surface area contributed by atoms with Crippen LogP contribution < -0.4 is 5.73 Å². The molecule has 3 nitrogen and oxygen atoms in total. The minimum Gasteiger partial charge on any atom is -0.351 e. The van der Waals surface area contributed by atoms with Crippen molar-refractivity contribution < 1.29 is 4.79 Å². The van der Waals surface area contributed by atoms with Crippen molar-refractivity contribution in [3.8, 4) is 0 Å². The second kappa shape index (κ2) is 3.03. The van der Waals surface area contributed by atoms with Crippen molar-refractivity contribution in [1.82, 2.24) is 4.90 Å². The van der Waals surface area contributed by atoms with E-state index in [1.165, 1.54) is 11.1 Å². The molecule has 0 unspecified atom stereocenters. The smallest absolute Gasteiger partial charge is 0.315 e. The number of carbonyl (C=O) groups is 1. The van der Waals surface area contributed by atoms with E-state index in [-0.39, 0.29) is 6.03 Å². The van der Waals surface area contributed by atoms with Gasteiger partial charge in [-0.3, -0.25) is 0 Å². The van der Waals surface area contributed by atoms with Crippen LogP contribution in [0.5, 0.6) is 0 Å². The first-order valence-corrected chi connectivity index (χ1v) is 4.78. The molecule has 2 amide bonds. The van der Waals surface area contributed by atoms with E-state index in [0.717, 1.165) is 4.47 Å². The topological polar surface area (TPSA) is 46.3 Å². The summed E-state index contributed by atoms with van der Waals surface area (Å²) in [5.74, 6) is 0. The predicted octanol–water partition coefficient (Wildman–Crippen LogP) is 1.84. The van der Waals surface area contributed by atoms with Crippen LogP contribution >= 0.6 is 15.9 Å². The van der Waals surface area contributed by atoms with Crippen LogP contribution in [0.15, 0.2) is 22.7 Å². The molecular formula is C9H9BrN2O. The zero-order valence-electron chi connectivity index (χ0n) is 6.96. The van der Waals surface area contributed by atoms with E-state index in [9.17, 15) is 4.79 Å². The lowest BCUT2D eigenvalue weighted by Gasteiger charge is -2.10. The normalized spacial score (nSPS) is 14.4. The van der Waals surface area contributed by atoms with Crippen molar-refractivity contribution in [3.63, 3.8) is 0 Å². The van der Waals surface area contributed by atoms with Gasteiger partial charge in [-0.1, -0.05) is 22.0 Å². The molecule has 2 rings (SSSR count). The molecule has 0 spiro atoms. The van der Waals surface area contributed by atoms with Crippen LogP contribution in [0.3, 0.4) is 0 Å². The maximum absolute atomic E-state index is 10.9. The molecule has 0 saturated carbocycles. The van der Waals surface area contributed by atoms with Gasteiger partial charge in [0.15, 0.2) is 0 Å². The summed E-state index contributed by atoms with van der Waals surface area (Å²) in [6.07, 6.45) is 0. The Morgan fingerprint density at radius 1 is 1.38 bits per heavy atom. The number of benzene rings is 1. The predicted molar refractivity (Wildman–Crippen MR) is 53.0 cm³/mol. The first-order valence-electron chi connectivity index (χ1n) is 3.98. The molecule has 13 heavy (non-hydrogen) atoms. The van der Waals surface area contributed by atoms with Gasteiger partial charge in [-0.15, -0.1) is 0 Å². The third-order valence-electron chi connectivity index (χ3n) is 2.20. The Morgan fingerprint density at radius 2 is 2.08 bits per heavy atom. The van der Waals surface area contributed by atoms with Crippen molar-refractivity contribution >= 4 is 22.0 Å². The minimum atomic E-state index is -0.354. The van der Waals surface area contributed by atoms with Crippen molar-refractivity contribution in [3.05, 3.63) is 33.8 Å². The molecule has 0 radical (unpaired) electrons. The Balaban J connectivity index is 2.30. The molecule has 1 heterocycles. The van der Waals surface area contributed by atoms with Crippen LogP contribution in [0.2, 0.25) is 0 Å². The molecule has 0 atom stereocenters. The quantitative estimate of drug-likeness (QED) is 0.740. The highest BCUT2D eigenvalue weighted by Crippen LogP contribution is 2.25. The van der Waals surface area contributed by atoms with E-state index in [1.807, 2.05) is 18.2 Å². The lowest BCUT2D eigenvalue weighted by molar-refractivity contribution is 0.208. The number of carbonyl (C=O) groups excluding carboxylic acids is 1. The zero-order chi connectivity index (χ0) is 9.42. The molecule has 0 aromatic heterocycles. The Kier molecular flexibility index (Phi) is 2.00. The summed E-state index contributed by atoms with van der Waals surface area (Å²) in [5.41, 5.74) is 7.55. The third-order valence-corrected chi connectivity index (χ3v) is 2.70. The summed E-state index contributed by atoms with van der Waals surface area (Å²) in [6.45, 7) is 1.27. The van der Waals surface area contributed by atoms with Gasteiger partial charge in [-0.25, -0.2) is 4.79 Å². The van der Waals surface area contributed by atoms with Gasteiger partial charge < -0.3 is 10.6 Å². The van der Waals surface area contributed by atoms with Crippen LogP contribution in [0, 0.1) is 0 Å². The van der Waals surface area contributed by atoms with E-state index in [0.29, 0.717) is 13.1 Å². The molecule has 68 valence electrons. The number of nitrogens with two attached hydrogens (primary N) is 1. The standard InChI is InChI=1S/C9H9BrN2O/c10-8-2-1-6-4-12(9(11)13)5-7(6)3-8/h1-3H,4-5H2,(H2,11,13). The second-order valence-corrected chi connectivity index (χ2v) is 4.02. The van der Waals surface area contributed by atoms with Gasteiger partial charge in [0.05, 0.1) is 0 Å². The summed E-state index contributed by atoms with van der Waals surface area (Å²) in [6, 6.07) is 5.66. The largest absolute Gasteiger partial charge is 0.351 e. The number of amides is 2. The van der Waals surface area contributed by atoms with Gasteiger partial charge in [0, 0.05) is 17.6 Å². The van der Waals surface area contributed by atoms with E-state index in [2.05, 4.69) is 15.9 Å². The molecule has 1 aliphatic rings. The van der Waals surface area contributed by atoms with Gasteiger partial charge in [0.1, 0.15) is 0 Å². The van der Waals surface area contributed by atoms with Crippen molar-refractivity contribution in [2.45, 2.75) is 13.1 Å². The van der Waals surface area contributed by atoms with Crippen LogP contribution in [0.1, 0.15) is 11.1 Å². The zero-order valence-corrected chi connectivity index (χ0v) is 8.54. The molecule has 1 aliphatic heterocycles. The fourth-order valence-electron chi connectivity index (χ4n) is 1.52. The molecule has 0 aliphatic carbocycles. The minimum absolute atomic E-state index is 0.354. The number of hydrogen-bond donors (Lipinski definition) is 1. The van der Waals surface area contributed by atoms with Crippen LogP contribution in [-0.4, -0.2) is 10.9 Å². The Bertz CT molecular complexity index is 365. The molecule has 0 bridgehead atoms. The van der Waals surface area contributed by atoms with Crippen LogP contribution in [0.4, 0.5) is 4.79 Å². The molecule has 0 fully saturated rings. The highest BCUT2D eigenvalue weighted by atomic mass is 79.9. The SMILES string of the molecule is NC(=O)N1Cc2ccc(Br)cc2C1. The molecule has 4 heteroatoms. The maximum atomic E-state index is 10.9. The van der Waals surface area contributed by atoms with Gasteiger partial charge in [-0.2, -0.15) is 0 Å². The van der Waals surface area contributed by atoms with Gasteiger partial charge in [-0.05, 0) is 23.3 Å². The Morgan fingerprint density at radius 3 is 2.77 bits per heavy atom. The van der Waals surface area contributed by atoms with Crippen LogP contribution in [-0.2, 0) is 13.1 Å². The summed E-state index contributed by atoms with van der Waals surface area (Å²) < 4.78 is 1.04. The van der Waals surface area contributed by atoms with Gasteiger partial charge in [0.2, 0.25) is 0 Å². The van der Waals surface area contributed by atoms with Crippen molar-refractivity contribution in [1.29, 1.82) is 0 Å². The van der Waals surface area contributed by atoms with E-state index in [1.54, 1.807) is 4.90 Å². The lowest BCUT2D eigenvalue weighted by Crippen LogP contribution is -2.30. The van der Waals surface area contributed by atoms with Crippen molar-refractivity contribution in [2.75, 3.05) is 0 Å².